The normalized spacial score (nSPS) is 12.0. The lowest BCUT2D eigenvalue weighted by Gasteiger charge is -2.19. The number of carbonyl (C=O) groups excluding carboxylic acids is 2. The van der Waals surface area contributed by atoms with Gasteiger partial charge in [0.25, 0.3) is 22.2 Å². The van der Waals surface area contributed by atoms with Gasteiger partial charge in [-0.1, -0.05) is 272 Å². The molecule has 0 amide bonds. The SMILES string of the molecule is Cc1cc2c3ccccc3n3c(=O)c4cc5ccccc5nc4c(n1)c23.O=C=O.O=c1c2c3ccccc3c(-c3ccccc3)nc2c2cccc3c4ccccc4n1c32.O=c1c2ccccc2c2c3cc(Cl)ccc3nc3c4ccccc4n1c32.O=c1c2nc3ccccc3nc2c2cccc3c4ccccc4n1c32.c1ccc2nc3c(nc2c1)Cn1c2ccccc2c2cccc-3c21. The summed E-state index contributed by atoms with van der Waals surface area (Å²) in [4.78, 5) is 109. The Balaban J connectivity index is 0.0000000873. The number of halogens is 1. The lowest BCUT2D eigenvalue weighted by Crippen LogP contribution is -2.15. The second-order valence-electron chi connectivity index (χ2n) is 33.9. The van der Waals surface area contributed by atoms with Gasteiger partial charge in [0.15, 0.2) is 5.52 Å². The first-order chi connectivity index (χ1) is 66.4. The Bertz CT molecular complexity index is 10700. The molecule has 0 aliphatic carbocycles. The highest BCUT2D eigenvalue weighted by Crippen LogP contribution is 2.45. The number of pyridine rings is 8. The summed E-state index contributed by atoms with van der Waals surface area (Å²) in [6.07, 6.45) is 0.250. The summed E-state index contributed by atoms with van der Waals surface area (Å²) in [7, 11) is 0. The molecule has 1 aliphatic heterocycles. The Morgan fingerprint density at radius 1 is 0.259 bits per heavy atom. The fraction of sp³-hybridized carbons (Fsp3) is 0.0174. The van der Waals surface area contributed by atoms with E-state index in [0.717, 1.165) is 209 Å². The molecule has 0 N–H and O–H groups in total. The maximum atomic E-state index is 14.0. The molecule has 0 bridgehead atoms. The highest BCUT2D eigenvalue weighted by Gasteiger charge is 2.29. The number of aromatic nitrogens is 13. The van der Waals surface area contributed by atoms with Crippen LogP contribution in [0.3, 0.4) is 0 Å². The number of benzene rings is 15. The lowest BCUT2D eigenvalue weighted by atomic mass is 9.99. The van der Waals surface area contributed by atoms with Crippen molar-refractivity contribution in [1.82, 2.24) is 62.0 Å². The molecular formula is C115H64ClN13O6. The number of aryl methyl sites for hydroxylation is 1. The van der Waals surface area contributed by atoms with E-state index in [2.05, 4.69) is 119 Å². The molecule has 0 saturated heterocycles. The summed E-state index contributed by atoms with van der Waals surface area (Å²) >= 11 is 6.29. The molecule has 31 rings (SSSR count). The zero-order chi connectivity index (χ0) is 90.3. The average molecular weight is 1760 g/mol. The van der Waals surface area contributed by atoms with E-state index >= 15 is 0 Å². The van der Waals surface area contributed by atoms with Crippen LogP contribution >= 0.6 is 11.6 Å². The van der Waals surface area contributed by atoms with E-state index < -0.39 is 0 Å². The Labute approximate surface area is 765 Å². The molecule has 16 heterocycles. The van der Waals surface area contributed by atoms with Gasteiger partial charge in [-0.25, -0.2) is 39.9 Å². The molecule has 20 heteroatoms. The Morgan fingerprint density at radius 3 is 1.35 bits per heavy atom. The first-order valence-corrected chi connectivity index (χ1v) is 44.5. The van der Waals surface area contributed by atoms with Crippen LogP contribution in [-0.4, -0.2) is 68.2 Å². The number of para-hydroxylation sites is 13. The van der Waals surface area contributed by atoms with Crippen LogP contribution in [0, 0.1) is 6.92 Å². The van der Waals surface area contributed by atoms with Gasteiger partial charge in [-0.3, -0.25) is 36.8 Å². The standard InChI is InChI=1S/C28H16N2O.C22H11ClN2O.C22H13N3O.C21H11N3O.C21H13N3.CO2/c31-28-24-19-12-4-5-13-20(19)25(17-9-2-1-3-10-17)29-26(24)22-15-8-14-21-18-11-6-7-16-23(18)30(28)27(21)22;23-12-9-10-17-16(11-12)19-13-5-1-2-6-14(13)22(26)25-18-8-4-3-7-15(18)20(24-17)21(19)25;1-12-10-15-14-7-3-5-9-18(14)25-21(15)20(23-12)19-16(22(25)26)11-13-6-2-4-8-17(13)24-19;25-21-19-18(22-15-9-2-3-10-16(15)23-19)14-8-5-7-13-12-6-1-4-11-17(12)24(21)20(13)14;1-4-11-19-13(6-1)14-7-5-8-15-20-18(12-24(19)21(14)15)22-16-9-2-3-10-17(16)23-20;2-1-3/h1-16H;1-11H;2-11H,1H3;1-11H;1-11H,12H2;. The van der Waals surface area contributed by atoms with Crippen molar-refractivity contribution in [1.29, 1.82) is 0 Å². The molecule has 0 fully saturated rings. The smallest absolute Gasteiger partial charge is 0.334 e. The van der Waals surface area contributed by atoms with E-state index in [1.165, 1.54) is 27.4 Å². The summed E-state index contributed by atoms with van der Waals surface area (Å²) in [5.74, 6) is 0. The number of hydrogen-bond donors (Lipinski definition) is 0. The van der Waals surface area contributed by atoms with Gasteiger partial charge in [0.2, 0.25) is 0 Å². The van der Waals surface area contributed by atoms with E-state index in [-0.39, 0.29) is 28.4 Å². The van der Waals surface area contributed by atoms with Crippen LogP contribution in [0.25, 0.3) is 252 Å². The largest absolute Gasteiger partial charge is 0.373 e. The molecule has 1 aliphatic rings. The first kappa shape index (κ1) is 77.8. The first-order valence-electron chi connectivity index (χ1n) is 44.1. The van der Waals surface area contributed by atoms with Crippen molar-refractivity contribution in [2.75, 3.05) is 0 Å². The summed E-state index contributed by atoms with van der Waals surface area (Å²) in [5.41, 5.74) is 25.1. The second-order valence-corrected chi connectivity index (χ2v) is 34.3. The monoisotopic (exact) mass is 1760 g/mol. The fourth-order valence-electron chi connectivity index (χ4n) is 21.0. The topological polar surface area (TPSA) is 228 Å². The maximum Gasteiger partial charge on any atom is 0.373 e. The van der Waals surface area contributed by atoms with Crippen LogP contribution in [0.15, 0.2) is 377 Å². The van der Waals surface area contributed by atoms with Gasteiger partial charge in [-0.05, 0) is 115 Å². The minimum absolute atomic E-state index is 0.0109. The van der Waals surface area contributed by atoms with E-state index in [0.29, 0.717) is 37.7 Å². The van der Waals surface area contributed by atoms with Crippen molar-refractivity contribution >= 4 is 247 Å². The van der Waals surface area contributed by atoms with E-state index in [9.17, 15) is 19.2 Å². The minimum atomic E-state index is -0.113. The number of hydrogen-bond acceptors (Lipinski definition) is 14. The fourth-order valence-corrected chi connectivity index (χ4v) is 21.2. The van der Waals surface area contributed by atoms with Crippen molar-refractivity contribution in [3.05, 3.63) is 416 Å². The molecule has 15 aromatic carbocycles. The number of rotatable bonds is 1. The van der Waals surface area contributed by atoms with E-state index in [1.807, 2.05) is 260 Å². The van der Waals surface area contributed by atoms with Crippen molar-refractivity contribution < 1.29 is 9.59 Å². The molecule has 135 heavy (non-hydrogen) atoms. The Morgan fingerprint density at radius 2 is 0.696 bits per heavy atom. The molecule has 30 aromatic rings. The molecule has 15 aromatic heterocycles. The average Bonchev–Trinajstić information content (AvgIpc) is 1.59. The van der Waals surface area contributed by atoms with Crippen molar-refractivity contribution in [3.8, 4) is 22.5 Å². The van der Waals surface area contributed by atoms with Crippen LogP contribution < -0.4 is 22.2 Å². The lowest BCUT2D eigenvalue weighted by molar-refractivity contribution is -0.191. The highest BCUT2D eigenvalue weighted by molar-refractivity contribution is 6.34. The van der Waals surface area contributed by atoms with Gasteiger partial charge in [-0.2, -0.15) is 9.59 Å². The van der Waals surface area contributed by atoms with E-state index in [4.69, 9.17) is 56.1 Å². The van der Waals surface area contributed by atoms with Crippen LogP contribution in [0.4, 0.5) is 0 Å². The summed E-state index contributed by atoms with van der Waals surface area (Å²) in [6, 6.07) is 119. The van der Waals surface area contributed by atoms with Crippen molar-refractivity contribution in [2.24, 2.45) is 0 Å². The molecule has 0 radical (unpaired) electrons. The predicted molar refractivity (Wildman–Crippen MR) is 544 cm³/mol. The quantitative estimate of drug-likeness (QED) is 0.110. The third kappa shape index (κ3) is 11.6. The summed E-state index contributed by atoms with van der Waals surface area (Å²) in [6.45, 7) is 2.76. The van der Waals surface area contributed by atoms with Crippen LogP contribution in [-0.2, 0) is 16.1 Å². The summed E-state index contributed by atoms with van der Waals surface area (Å²) < 4.78 is 9.64. The van der Waals surface area contributed by atoms with Crippen LogP contribution in [0.5, 0.6) is 0 Å². The van der Waals surface area contributed by atoms with Gasteiger partial charge in [0.1, 0.15) is 16.6 Å². The molecule has 0 saturated carbocycles. The van der Waals surface area contributed by atoms with Gasteiger partial charge < -0.3 is 4.57 Å². The van der Waals surface area contributed by atoms with Gasteiger partial charge in [-0.15, -0.1) is 0 Å². The summed E-state index contributed by atoms with van der Waals surface area (Å²) in [5, 5.41) is 20.5. The van der Waals surface area contributed by atoms with Crippen molar-refractivity contribution in [3.63, 3.8) is 0 Å². The molecule has 0 atom stereocenters. The number of nitrogens with zero attached hydrogens (tertiary/aromatic N) is 13. The Kier molecular flexibility index (Phi) is 17.4. The van der Waals surface area contributed by atoms with Gasteiger partial charge in [0, 0.05) is 114 Å². The zero-order valence-electron chi connectivity index (χ0n) is 71.4. The third-order valence-electron chi connectivity index (χ3n) is 26.6. The molecule has 19 nitrogen and oxygen atoms in total. The molecule has 632 valence electrons. The zero-order valence-corrected chi connectivity index (χ0v) is 72.2. The molecular weight excluding hydrogens is 1690 g/mol. The van der Waals surface area contributed by atoms with E-state index in [1.54, 1.807) is 13.2 Å². The van der Waals surface area contributed by atoms with Crippen LogP contribution in [0.1, 0.15) is 11.4 Å². The third-order valence-corrected chi connectivity index (χ3v) is 26.8. The number of fused-ring (bicyclic) bond motifs is 32. The predicted octanol–water partition coefficient (Wildman–Crippen LogP) is 24.6. The van der Waals surface area contributed by atoms with Crippen LogP contribution in [0.2, 0.25) is 5.02 Å². The van der Waals surface area contributed by atoms with Gasteiger partial charge >= 0.3 is 6.15 Å². The maximum absolute atomic E-state index is 14.0. The van der Waals surface area contributed by atoms with Crippen molar-refractivity contribution in [2.45, 2.75) is 13.5 Å². The molecule has 0 unspecified atom stereocenters. The highest BCUT2D eigenvalue weighted by atomic mass is 35.5. The Hall–Kier alpha value is -18.3. The second kappa shape index (κ2) is 30.2. The molecule has 0 spiro atoms. The minimum Gasteiger partial charge on any atom is -0.334 e. The van der Waals surface area contributed by atoms with Gasteiger partial charge in [0.05, 0.1) is 128 Å².